The van der Waals surface area contributed by atoms with Crippen molar-refractivity contribution in [3.8, 4) is 0 Å². The molecule has 0 spiro atoms. The fourth-order valence-corrected chi connectivity index (χ4v) is 7.16. The van der Waals surface area contributed by atoms with Gasteiger partial charge >= 0.3 is 5.97 Å². The van der Waals surface area contributed by atoms with E-state index in [1.165, 1.54) is 61.6 Å². The van der Waals surface area contributed by atoms with Gasteiger partial charge in [0.05, 0.1) is 24.5 Å². The van der Waals surface area contributed by atoms with E-state index >= 15 is 0 Å². The highest BCUT2D eigenvalue weighted by atomic mass is 32.2. The summed E-state index contributed by atoms with van der Waals surface area (Å²) in [5, 5.41) is 5.26. The van der Waals surface area contributed by atoms with Crippen molar-refractivity contribution in [2.75, 3.05) is 12.4 Å². The van der Waals surface area contributed by atoms with Gasteiger partial charge in [0.1, 0.15) is 0 Å². The van der Waals surface area contributed by atoms with E-state index in [4.69, 9.17) is 4.74 Å². The number of esters is 1. The lowest BCUT2D eigenvalue weighted by molar-refractivity contribution is -0.142. The average Bonchev–Trinajstić information content (AvgIpc) is 2.98. The average molecular weight is 395 g/mol. The predicted molar refractivity (Wildman–Crippen MR) is 102 cm³/mol. The molecule has 26 heavy (non-hydrogen) atoms. The summed E-state index contributed by atoms with van der Waals surface area (Å²) in [7, 11) is 0. The van der Waals surface area contributed by atoms with Crippen molar-refractivity contribution in [3.05, 3.63) is 11.1 Å². The minimum atomic E-state index is -0.256. The third-order valence-electron chi connectivity index (χ3n) is 5.93. The van der Waals surface area contributed by atoms with Crippen LogP contribution in [0.1, 0.15) is 51.1 Å². The van der Waals surface area contributed by atoms with Gasteiger partial charge in [-0.15, -0.1) is 11.3 Å². The molecule has 0 atom stereocenters. The standard InChI is InChI=1S/C19H26N2O3S2/c1-2-24-17(23)6-15-10-25-18(20-15)26-11-16(22)21-19-7-12-3-13(8-19)5-14(4-12)9-19/h10,12-14H,2-9,11H2,1H3,(H,21,22). The first-order valence-electron chi connectivity index (χ1n) is 9.57. The van der Waals surface area contributed by atoms with Gasteiger partial charge < -0.3 is 10.1 Å². The maximum absolute atomic E-state index is 12.5. The van der Waals surface area contributed by atoms with Crippen molar-refractivity contribution in [2.24, 2.45) is 17.8 Å². The first-order chi connectivity index (χ1) is 12.5. The molecule has 4 aliphatic carbocycles. The molecular formula is C19H26N2O3S2. The summed E-state index contributed by atoms with van der Waals surface area (Å²) in [5.41, 5.74) is 0.794. The number of carbonyl (C=O) groups is 2. The molecule has 4 aliphatic rings. The van der Waals surface area contributed by atoms with E-state index in [0.717, 1.165) is 27.8 Å². The van der Waals surface area contributed by atoms with Crippen LogP contribution >= 0.6 is 23.1 Å². The molecule has 4 bridgehead atoms. The van der Waals surface area contributed by atoms with Gasteiger partial charge in [0.25, 0.3) is 0 Å². The number of rotatable bonds is 7. The molecule has 1 N–H and O–H groups in total. The molecular weight excluding hydrogens is 368 g/mol. The number of ether oxygens (including phenoxy) is 1. The molecule has 1 aromatic rings. The van der Waals surface area contributed by atoms with Crippen LogP contribution in [0.4, 0.5) is 0 Å². The lowest BCUT2D eigenvalue weighted by Crippen LogP contribution is -2.60. The zero-order chi connectivity index (χ0) is 18.1. The van der Waals surface area contributed by atoms with Crippen LogP contribution in [0.5, 0.6) is 0 Å². The van der Waals surface area contributed by atoms with E-state index in [1.807, 2.05) is 5.38 Å². The molecule has 0 aliphatic heterocycles. The number of hydrogen-bond donors (Lipinski definition) is 1. The zero-order valence-corrected chi connectivity index (χ0v) is 16.8. The summed E-state index contributed by atoms with van der Waals surface area (Å²) in [6.45, 7) is 2.18. The van der Waals surface area contributed by atoms with E-state index < -0.39 is 0 Å². The Balaban J connectivity index is 1.27. The van der Waals surface area contributed by atoms with Gasteiger partial charge in [-0.1, -0.05) is 11.8 Å². The fourth-order valence-electron chi connectivity index (χ4n) is 5.52. The van der Waals surface area contributed by atoms with Gasteiger partial charge in [-0.05, 0) is 63.2 Å². The van der Waals surface area contributed by atoms with Crippen molar-refractivity contribution in [1.82, 2.24) is 10.3 Å². The molecule has 0 unspecified atom stereocenters. The van der Waals surface area contributed by atoms with Crippen LogP contribution in [0, 0.1) is 17.8 Å². The Kier molecular flexibility index (Phi) is 5.28. The summed E-state index contributed by atoms with van der Waals surface area (Å²) in [5.74, 6) is 2.76. The Labute approximate surface area is 162 Å². The Bertz CT molecular complexity index is 653. The summed E-state index contributed by atoms with van der Waals surface area (Å²) >= 11 is 2.95. The number of nitrogens with one attached hydrogen (secondary N) is 1. The van der Waals surface area contributed by atoms with Crippen molar-refractivity contribution in [1.29, 1.82) is 0 Å². The predicted octanol–water partition coefficient (Wildman–Crippen LogP) is 3.43. The molecule has 7 heteroatoms. The minimum Gasteiger partial charge on any atom is -0.466 e. The van der Waals surface area contributed by atoms with Crippen LogP contribution in [0.15, 0.2) is 9.72 Å². The van der Waals surface area contributed by atoms with Crippen molar-refractivity contribution < 1.29 is 14.3 Å². The highest BCUT2D eigenvalue weighted by Gasteiger charge is 2.51. The second-order valence-electron chi connectivity index (χ2n) is 8.12. The highest BCUT2D eigenvalue weighted by molar-refractivity contribution is 8.01. The third-order valence-corrected chi connectivity index (χ3v) is 8.00. The van der Waals surface area contributed by atoms with E-state index in [0.29, 0.717) is 12.4 Å². The molecule has 0 saturated heterocycles. The molecule has 1 heterocycles. The van der Waals surface area contributed by atoms with E-state index in [-0.39, 0.29) is 23.8 Å². The summed E-state index contributed by atoms with van der Waals surface area (Å²) in [4.78, 5) is 28.5. The molecule has 5 rings (SSSR count). The Morgan fingerprint density at radius 2 is 1.92 bits per heavy atom. The van der Waals surface area contributed by atoms with Gasteiger partial charge in [0.2, 0.25) is 5.91 Å². The molecule has 4 saturated carbocycles. The smallest absolute Gasteiger partial charge is 0.311 e. The van der Waals surface area contributed by atoms with Gasteiger partial charge in [0, 0.05) is 10.9 Å². The third kappa shape index (κ3) is 4.09. The van der Waals surface area contributed by atoms with Gasteiger partial charge in [-0.25, -0.2) is 4.98 Å². The number of nitrogens with zero attached hydrogens (tertiary/aromatic N) is 1. The van der Waals surface area contributed by atoms with Crippen molar-refractivity contribution in [3.63, 3.8) is 0 Å². The van der Waals surface area contributed by atoms with Crippen LogP contribution in [0.3, 0.4) is 0 Å². The normalized spacial score (nSPS) is 31.8. The quantitative estimate of drug-likeness (QED) is 0.567. The number of thiazole rings is 1. The van der Waals surface area contributed by atoms with Crippen LogP contribution in [-0.4, -0.2) is 34.8 Å². The first kappa shape index (κ1) is 18.3. The second kappa shape index (κ2) is 7.50. The maximum Gasteiger partial charge on any atom is 0.311 e. The van der Waals surface area contributed by atoms with Crippen molar-refractivity contribution >= 4 is 35.0 Å². The second-order valence-corrected chi connectivity index (χ2v) is 10.2. The Hall–Kier alpha value is -1.08. The molecule has 0 aromatic carbocycles. The largest absolute Gasteiger partial charge is 0.466 e. The molecule has 4 fully saturated rings. The maximum atomic E-state index is 12.5. The van der Waals surface area contributed by atoms with E-state index in [2.05, 4.69) is 10.3 Å². The summed E-state index contributed by atoms with van der Waals surface area (Å²) in [6, 6.07) is 0. The monoisotopic (exact) mass is 394 g/mol. The molecule has 1 amide bonds. The lowest BCUT2D eigenvalue weighted by atomic mass is 9.53. The SMILES string of the molecule is CCOC(=O)Cc1csc(SCC(=O)NC23CC4CC(CC(C4)C2)C3)n1. The first-order valence-corrected chi connectivity index (χ1v) is 11.4. The minimum absolute atomic E-state index is 0.0738. The lowest BCUT2D eigenvalue weighted by Gasteiger charge is -2.56. The van der Waals surface area contributed by atoms with Crippen LogP contribution in [0.25, 0.3) is 0 Å². The number of aromatic nitrogens is 1. The van der Waals surface area contributed by atoms with E-state index in [1.54, 1.807) is 6.92 Å². The topological polar surface area (TPSA) is 68.3 Å². The molecule has 142 valence electrons. The van der Waals surface area contributed by atoms with Gasteiger partial charge in [0.15, 0.2) is 4.34 Å². The Morgan fingerprint density at radius 1 is 1.27 bits per heavy atom. The van der Waals surface area contributed by atoms with Crippen molar-refractivity contribution in [2.45, 2.75) is 61.7 Å². The highest BCUT2D eigenvalue weighted by Crippen LogP contribution is 2.55. The van der Waals surface area contributed by atoms with Gasteiger partial charge in [-0.3, -0.25) is 9.59 Å². The molecule has 0 radical (unpaired) electrons. The molecule has 1 aromatic heterocycles. The fraction of sp³-hybridized carbons (Fsp3) is 0.737. The summed E-state index contributed by atoms with van der Waals surface area (Å²) < 4.78 is 5.78. The number of carbonyl (C=O) groups excluding carboxylic acids is 2. The van der Waals surface area contributed by atoms with Crippen LogP contribution in [0.2, 0.25) is 0 Å². The number of amides is 1. The number of hydrogen-bond acceptors (Lipinski definition) is 6. The zero-order valence-electron chi connectivity index (χ0n) is 15.2. The van der Waals surface area contributed by atoms with Crippen LogP contribution < -0.4 is 5.32 Å². The van der Waals surface area contributed by atoms with Gasteiger partial charge in [-0.2, -0.15) is 0 Å². The number of thioether (sulfide) groups is 1. The van der Waals surface area contributed by atoms with E-state index in [9.17, 15) is 9.59 Å². The molecule has 5 nitrogen and oxygen atoms in total. The Morgan fingerprint density at radius 3 is 2.54 bits per heavy atom. The summed E-state index contributed by atoms with van der Waals surface area (Å²) in [6.07, 6.45) is 7.87. The van der Waals surface area contributed by atoms with Crippen LogP contribution in [-0.2, 0) is 20.7 Å².